The van der Waals surface area contributed by atoms with E-state index in [1.54, 1.807) is 18.2 Å². The van der Waals surface area contributed by atoms with Crippen LogP contribution in [0.5, 0.6) is 0 Å². The summed E-state index contributed by atoms with van der Waals surface area (Å²) in [6.45, 7) is -0.00656. The Morgan fingerprint density at radius 2 is 2.14 bits per heavy atom. The molecule has 0 aromatic heterocycles. The highest BCUT2D eigenvalue weighted by molar-refractivity contribution is 5.97. The van der Waals surface area contributed by atoms with Crippen LogP contribution in [-0.4, -0.2) is 42.6 Å². The summed E-state index contributed by atoms with van der Waals surface area (Å²) in [4.78, 5) is 33.4. The van der Waals surface area contributed by atoms with E-state index in [4.69, 9.17) is 9.84 Å². The van der Waals surface area contributed by atoms with Crippen LogP contribution in [0, 0.1) is 0 Å². The van der Waals surface area contributed by atoms with E-state index in [2.05, 4.69) is 10.6 Å². The van der Waals surface area contributed by atoms with Crippen molar-refractivity contribution in [3.63, 3.8) is 0 Å². The van der Waals surface area contributed by atoms with Gasteiger partial charge in [0.1, 0.15) is 6.61 Å². The molecule has 3 N–H and O–H groups in total. The molecule has 2 rings (SSSR count). The summed E-state index contributed by atoms with van der Waals surface area (Å²) >= 11 is 0. The molecule has 1 aromatic carbocycles. The number of hydrogen-bond acceptors (Lipinski definition) is 4. The number of carboxylic acid groups (broad SMARTS) is 1. The molecule has 1 aliphatic rings. The van der Waals surface area contributed by atoms with Crippen LogP contribution in [0.25, 0.3) is 0 Å². The first-order chi connectivity index (χ1) is 10.1. The van der Waals surface area contributed by atoms with Gasteiger partial charge >= 0.3 is 5.97 Å². The van der Waals surface area contributed by atoms with Gasteiger partial charge in [0, 0.05) is 24.2 Å². The normalized spacial score (nSPS) is 13.2. The van der Waals surface area contributed by atoms with Gasteiger partial charge in [0.25, 0.3) is 5.91 Å². The largest absolute Gasteiger partial charge is 0.480 e. The molecule has 1 aromatic rings. The predicted molar refractivity (Wildman–Crippen MR) is 74.2 cm³/mol. The molecular weight excluding hydrogens is 276 g/mol. The average Bonchev–Trinajstić information content (AvgIpc) is 2.45. The lowest BCUT2D eigenvalue weighted by atomic mass is 10.00. The molecule has 1 heterocycles. The fourth-order valence-electron chi connectivity index (χ4n) is 2.02. The third-order valence-corrected chi connectivity index (χ3v) is 3.02. The number of ether oxygens (including phenoxy) is 1. The molecule has 0 radical (unpaired) electrons. The Morgan fingerprint density at radius 3 is 2.90 bits per heavy atom. The second-order valence-corrected chi connectivity index (χ2v) is 4.62. The minimum absolute atomic E-state index is 0.0183. The van der Waals surface area contributed by atoms with E-state index in [9.17, 15) is 14.4 Å². The zero-order chi connectivity index (χ0) is 15.2. The SMILES string of the molecule is O=C(O)COCCNC(=O)c1ccc2c(c1)CCC(=O)N2. The molecule has 112 valence electrons. The maximum absolute atomic E-state index is 11.9. The molecule has 21 heavy (non-hydrogen) atoms. The van der Waals surface area contributed by atoms with Crippen molar-refractivity contribution >= 4 is 23.5 Å². The topological polar surface area (TPSA) is 105 Å². The van der Waals surface area contributed by atoms with Gasteiger partial charge in [-0.15, -0.1) is 0 Å². The summed E-state index contributed by atoms with van der Waals surface area (Å²) in [6.07, 6.45) is 1.03. The van der Waals surface area contributed by atoms with Crippen LogP contribution in [0.4, 0.5) is 5.69 Å². The van der Waals surface area contributed by atoms with Crippen molar-refractivity contribution in [1.82, 2.24) is 5.32 Å². The molecule has 0 fully saturated rings. The third-order valence-electron chi connectivity index (χ3n) is 3.02. The smallest absolute Gasteiger partial charge is 0.329 e. The van der Waals surface area contributed by atoms with Crippen LogP contribution in [0.1, 0.15) is 22.3 Å². The Morgan fingerprint density at radius 1 is 1.33 bits per heavy atom. The van der Waals surface area contributed by atoms with E-state index in [1.807, 2.05) is 0 Å². The molecule has 0 aliphatic carbocycles. The first-order valence-corrected chi connectivity index (χ1v) is 6.57. The Hall–Kier alpha value is -2.41. The van der Waals surface area contributed by atoms with Gasteiger partial charge in [-0.2, -0.15) is 0 Å². The van der Waals surface area contributed by atoms with Crippen molar-refractivity contribution in [3.05, 3.63) is 29.3 Å². The van der Waals surface area contributed by atoms with Gasteiger partial charge in [-0.3, -0.25) is 9.59 Å². The summed E-state index contributed by atoms with van der Waals surface area (Å²) in [6, 6.07) is 5.10. The van der Waals surface area contributed by atoms with Crippen molar-refractivity contribution in [1.29, 1.82) is 0 Å². The van der Waals surface area contributed by atoms with Crippen molar-refractivity contribution in [2.45, 2.75) is 12.8 Å². The monoisotopic (exact) mass is 292 g/mol. The molecule has 0 atom stereocenters. The maximum Gasteiger partial charge on any atom is 0.329 e. The van der Waals surface area contributed by atoms with Crippen LogP contribution in [0.2, 0.25) is 0 Å². The quantitative estimate of drug-likeness (QED) is 0.658. The van der Waals surface area contributed by atoms with E-state index in [0.29, 0.717) is 18.4 Å². The third kappa shape index (κ3) is 4.28. The van der Waals surface area contributed by atoms with Gasteiger partial charge in [-0.25, -0.2) is 4.79 Å². The van der Waals surface area contributed by atoms with Crippen molar-refractivity contribution in [2.24, 2.45) is 0 Å². The molecule has 0 bridgehead atoms. The van der Waals surface area contributed by atoms with Gasteiger partial charge in [-0.1, -0.05) is 0 Å². The van der Waals surface area contributed by atoms with Crippen LogP contribution >= 0.6 is 0 Å². The van der Waals surface area contributed by atoms with Crippen LogP contribution in [0.3, 0.4) is 0 Å². The summed E-state index contributed by atoms with van der Waals surface area (Å²) < 4.78 is 4.82. The van der Waals surface area contributed by atoms with Gasteiger partial charge < -0.3 is 20.5 Å². The van der Waals surface area contributed by atoms with Crippen molar-refractivity contribution in [2.75, 3.05) is 25.1 Å². The summed E-state index contributed by atoms with van der Waals surface area (Å²) in [5.41, 5.74) is 2.18. The summed E-state index contributed by atoms with van der Waals surface area (Å²) in [5.74, 6) is -1.32. The number of anilines is 1. The minimum atomic E-state index is -1.04. The summed E-state index contributed by atoms with van der Waals surface area (Å²) in [7, 11) is 0. The maximum atomic E-state index is 11.9. The molecule has 0 saturated heterocycles. The second-order valence-electron chi connectivity index (χ2n) is 4.62. The highest BCUT2D eigenvalue weighted by Crippen LogP contribution is 2.23. The summed E-state index contributed by atoms with van der Waals surface area (Å²) in [5, 5.41) is 13.8. The predicted octanol–water partition coefficient (Wildman–Crippen LogP) is 0.402. The number of amides is 2. The number of carbonyl (C=O) groups is 3. The number of carbonyl (C=O) groups excluding carboxylic acids is 2. The van der Waals surface area contributed by atoms with Gasteiger partial charge in [0.05, 0.1) is 6.61 Å². The fraction of sp³-hybridized carbons (Fsp3) is 0.357. The number of aliphatic carboxylic acids is 1. The van der Waals surface area contributed by atoms with E-state index in [-0.39, 0.29) is 31.6 Å². The number of fused-ring (bicyclic) bond motifs is 1. The Bertz CT molecular complexity index is 570. The highest BCUT2D eigenvalue weighted by atomic mass is 16.5. The molecule has 2 amide bonds. The fourth-order valence-corrected chi connectivity index (χ4v) is 2.02. The number of benzene rings is 1. The average molecular weight is 292 g/mol. The van der Waals surface area contributed by atoms with Crippen molar-refractivity contribution in [3.8, 4) is 0 Å². The standard InChI is InChI=1S/C14H16N2O5/c17-12-4-2-9-7-10(1-3-11(9)16-12)14(20)15-5-6-21-8-13(18)19/h1,3,7H,2,4-6,8H2,(H,15,20)(H,16,17)(H,18,19). The highest BCUT2D eigenvalue weighted by Gasteiger charge is 2.16. The number of carboxylic acids is 1. The molecule has 0 spiro atoms. The van der Waals surface area contributed by atoms with Gasteiger partial charge in [0.15, 0.2) is 0 Å². The number of nitrogens with one attached hydrogen (secondary N) is 2. The van der Waals surface area contributed by atoms with E-state index in [0.717, 1.165) is 11.3 Å². The molecule has 0 unspecified atom stereocenters. The molecule has 7 nitrogen and oxygen atoms in total. The Kier molecular flexibility index (Phi) is 4.89. The lowest BCUT2D eigenvalue weighted by Gasteiger charge is -2.17. The van der Waals surface area contributed by atoms with E-state index < -0.39 is 5.97 Å². The lowest BCUT2D eigenvalue weighted by molar-refractivity contribution is -0.142. The number of aryl methyl sites for hydroxylation is 1. The van der Waals surface area contributed by atoms with Crippen LogP contribution < -0.4 is 10.6 Å². The lowest BCUT2D eigenvalue weighted by Crippen LogP contribution is -2.28. The van der Waals surface area contributed by atoms with E-state index in [1.165, 1.54) is 0 Å². The van der Waals surface area contributed by atoms with Gasteiger partial charge in [-0.05, 0) is 30.2 Å². The first kappa shape index (κ1) is 15.0. The minimum Gasteiger partial charge on any atom is -0.480 e. The van der Waals surface area contributed by atoms with Crippen molar-refractivity contribution < 1.29 is 24.2 Å². The zero-order valence-electron chi connectivity index (χ0n) is 11.3. The zero-order valence-corrected chi connectivity index (χ0v) is 11.3. The van der Waals surface area contributed by atoms with E-state index >= 15 is 0 Å². The Labute approximate surface area is 121 Å². The molecule has 7 heteroatoms. The number of rotatable bonds is 6. The van der Waals surface area contributed by atoms with Crippen LogP contribution in [0.15, 0.2) is 18.2 Å². The molecule has 0 saturated carbocycles. The first-order valence-electron chi connectivity index (χ1n) is 6.57. The van der Waals surface area contributed by atoms with Crippen LogP contribution in [-0.2, 0) is 20.7 Å². The molecule has 1 aliphatic heterocycles. The Balaban J connectivity index is 1.85. The van der Waals surface area contributed by atoms with Gasteiger partial charge in [0.2, 0.25) is 5.91 Å². The molecular formula is C14H16N2O5. The second kappa shape index (κ2) is 6.85. The number of hydrogen-bond donors (Lipinski definition) is 3.